The first-order valence-corrected chi connectivity index (χ1v) is 11.4. The van der Waals surface area contributed by atoms with E-state index < -0.39 is 6.04 Å². The SMILES string of the molecule is CC1=C(c2nc(-c3cccc(C)c3)no2)C(c2cccc(Cl)c2)NC(=O)N1c1ccc(F)c(C)c1. The molecule has 5 rings (SSSR count). The first-order chi connectivity index (χ1) is 16.8. The largest absolute Gasteiger partial charge is 0.334 e. The van der Waals surface area contributed by atoms with Gasteiger partial charge in [-0.1, -0.05) is 52.7 Å². The summed E-state index contributed by atoms with van der Waals surface area (Å²) >= 11 is 6.26. The monoisotopic (exact) mass is 488 g/mol. The Morgan fingerprint density at radius 3 is 2.57 bits per heavy atom. The first kappa shape index (κ1) is 22.8. The topological polar surface area (TPSA) is 71.3 Å². The number of nitrogens with one attached hydrogen (secondary N) is 1. The van der Waals surface area contributed by atoms with Crippen molar-refractivity contribution < 1.29 is 13.7 Å². The Hall–Kier alpha value is -3.97. The van der Waals surface area contributed by atoms with E-state index in [1.165, 1.54) is 11.0 Å². The fourth-order valence-electron chi connectivity index (χ4n) is 4.27. The highest BCUT2D eigenvalue weighted by atomic mass is 35.5. The van der Waals surface area contributed by atoms with E-state index in [0.29, 0.717) is 33.4 Å². The van der Waals surface area contributed by atoms with E-state index in [-0.39, 0.29) is 17.7 Å². The lowest BCUT2D eigenvalue weighted by molar-refractivity contribution is 0.244. The lowest BCUT2D eigenvalue weighted by Gasteiger charge is -2.35. The normalized spacial score (nSPS) is 16.0. The summed E-state index contributed by atoms with van der Waals surface area (Å²) in [5.41, 5.74) is 4.84. The van der Waals surface area contributed by atoms with Gasteiger partial charge < -0.3 is 9.84 Å². The minimum absolute atomic E-state index is 0.271. The van der Waals surface area contributed by atoms with Crippen LogP contribution in [0, 0.1) is 19.7 Å². The molecule has 2 amide bonds. The molecule has 1 N–H and O–H groups in total. The summed E-state index contributed by atoms with van der Waals surface area (Å²) in [7, 11) is 0. The molecule has 6 nitrogen and oxygen atoms in total. The summed E-state index contributed by atoms with van der Waals surface area (Å²) < 4.78 is 19.7. The highest BCUT2D eigenvalue weighted by Gasteiger charge is 2.36. The zero-order chi connectivity index (χ0) is 24.7. The van der Waals surface area contributed by atoms with Crippen LogP contribution >= 0.6 is 11.6 Å². The number of rotatable bonds is 4. The van der Waals surface area contributed by atoms with E-state index in [9.17, 15) is 9.18 Å². The smallest absolute Gasteiger partial charge is 0.326 e. The second-order valence-electron chi connectivity index (χ2n) is 8.50. The molecule has 4 aromatic rings. The standard InChI is InChI=1S/C27H22ClFN4O2/c1-15-6-4-8-19(12-15)25-31-26(35-32-25)23-17(3)33(21-10-11-22(29)16(2)13-21)27(34)30-24(23)18-7-5-9-20(28)14-18/h4-14,24H,1-3H3,(H,30,34). The average Bonchev–Trinajstić information content (AvgIpc) is 3.31. The van der Waals surface area contributed by atoms with Crippen molar-refractivity contribution in [3.8, 4) is 11.4 Å². The van der Waals surface area contributed by atoms with Gasteiger partial charge in [-0.05, 0) is 68.3 Å². The number of urea groups is 1. The average molecular weight is 489 g/mol. The Morgan fingerprint density at radius 1 is 1.03 bits per heavy atom. The van der Waals surface area contributed by atoms with Crippen molar-refractivity contribution in [2.24, 2.45) is 0 Å². The quantitative estimate of drug-likeness (QED) is 0.341. The number of carbonyl (C=O) groups is 1. The fraction of sp³-hybridized carbons (Fsp3) is 0.148. The van der Waals surface area contributed by atoms with Gasteiger partial charge in [-0.15, -0.1) is 0 Å². The molecule has 0 aliphatic carbocycles. The van der Waals surface area contributed by atoms with E-state index in [2.05, 4.69) is 15.5 Å². The van der Waals surface area contributed by atoms with E-state index in [1.807, 2.05) is 43.3 Å². The summed E-state index contributed by atoms with van der Waals surface area (Å²) in [6.45, 7) is 5.45. The lowest BCUT2D eigenvalue weighted by Crippen LogP contribution is -2.46. The van der Waals surface area contributed by atoms with Gasteiger partial charge in [0.1, 0.15) is 5.82 Å². The molecule has 1 aromatic heterocycles. The third kappa shape index (κ3) is 4.31. The van der Waals surface area contributed by atoms with Crippen LogP contribution < -0.4 is 10.2 Å². The molecule has 0 spiro atoms. The molecule has 1 atom stereocenters. The lowest BCUT2D eigenvalue weighted by atomic mass is 9.94. The van der Waals surface area contributed by atoms with E-state index in [4.69, 9.17) is 16.1 Å². The number of hydrogen-bond acceptors (Lipinski definition) is 4. The van der Waals surface area contributed by atoms with Gasteiger partial charge in [0.2, 0.25) is 5.82 Å². The van der Waals surface area contributed by atoms with Crippen molar-refractivity contribution in [2.45, 2.75) is 26.8 Å². The molecule has 2 heterocycles. The summed E-state index contributed by atoms with van der Waals surface area (Å²) in [6, 6.07) is 18.6. The van der Waals surface area contributed by atoms with E-state index in [0.717, 1.165) is 16.7 Å². The van der Waals surface area contributed by atoms with Crippen molar-refractivity contribution in [2.75, 3.05) is 4.90 Å². The molecule has 0 fully saturated rings. The number of benzene rings is 3. The van der Waals surface area contributed by atoms with Crippen LogP contribution in [0.4, 0.5) is 14.9 Å². The Bertz CT molecular complexity index is 1480. The number of allylic oxidation sites excluding steroid dienone is 1. The van der Waals surface area contributed by atoms with Crippen LogP contribution in [0.2, 0.25) is 5.02 Å². The third-order valence-electron chi connectivity index (χ3n) is 6.00. The van der Waals surface area contributed by atoms with Crippen molar-refractivity contribution in [3.05, 3.63) is 106 Å². The van der Waals surface area contributed by atoms with Crippen LogP contribution in [-0.4, -0.2) is 16.2 Å². The molecule has 0 saturated carbocycles. The first-order valence-electron chi connectivity index (χ1n) is 11.1. The number of anilines is 1. The van der Waals surface area contributed by atoms with Crippen LogP contribution in [0.5, 0.6) is 0 Å². The molecule has 1 aliphatic heterocycles. The van der Waals surface area contributed by atoms with Gasteiger partial charge in [0.15, 0.2) is 0 Å². The van der Waals surface area contributed by atoms with Gasteiger partial charge in [-0.2, -0.15) is 4.98 Å². The van der Waals surface area contributed by atoms with E-state index in [1.54, 1.807) is 38.1 Å². The Balaban J connectivity index is 1.67. The summed E-state index contributed by atoms with van der Waals surface area (Å²) in [5.74, 6) is 0.368. The number of carbonyl (C=O) groups excluding carboxylic acids is 1. The molecule has 3 aromatic carbocycles. The van der Waals surface area contributed by atoms with Crippen molar-refractivity contribution in [1.82, 2.24) is 15.5 Å². The number of amides is 2. The molecule has 8 heteroatoms. The minimum Gasteiger partial charge on any atom is -0.334 e. The Kier molecular flexibility index (Phi) is 5.86. The number of nitrogens with zero attached hydrogens (tertiary/aromatic N) is 3. The number of aryl methyl sites for hydroxylation is 2. The molecule has 1 aliphatic rings. The number of hydrogen-bond donors (Lipinski definition) is 1. The summed E-state index contributed by atoms with van der Waals surface area (Å²) in [6.07, 6.45) is 0. The van der Waals surface area contributed by atoms with Gasteiger partial charge in [0, 0.05) is 16.3 Å². The fourth-order valence-corrected chi connectivity index (χ4v) is 4.47. The van der Waals surface area contributed by atoms with Crippen LogP contribution in [0.15, 0.2) is 77.0 Å². The van der Waals surface area contributed by atoms with Crippen molar-refractivity contribution >= 4 is 28.9 Å². The second-order valence-corrected chi connectivity index (χ2v) is 8.93. The molecular weight excluding hydrogens is 467 g/mol. The zero-order valence-electron chi connectivity index (χ0n) is 19.3. The van der Waals surface area contributed by atoms with Gasteiger partial charge in [-0.25, -0.2) is 9.18 Å². The molecule has 1 unspecified atom stereocenters. The molecule has 0 radical (unpaired) electrons. The molecule has 0 bridgehead atoms. The number of halogens is 2. The van der Waals surface area contributed by atoms with Crippen molar-refractivity contribution in [3.63, 3.8) is 0 Å². The summed E-state index contributed by atoms with van der Waals surface area (Å²) in [4.78, 5) is 19.5. The molecule has 176 valence electrons. The predicted molar refractivity (Wildman–Crippen MR) is 133 cm³/mol. The minimum atomic E-state index is -0.579. The second kappa shape index (κ2) is 9.00. The predicted octanol–water partition coefficient (Wildman–Crippen LogP) is 6.85. The number of aromatic nitrogens is 2. The highest BCUT2D eigenvalue weighted by molar-refractivity contribution is 6.30. The molecule has 35 heavy (non-hydrogen) atoms. The Morgan fingerprint density at radius 2 is 1.83 bits per heavy atom. The van der Waals surface area contributed by atoms with E-state index >= 15 is 0 Å². The van der Waals surface area contributed by atoms with Crippen LogP contribution in [0.25, 0.3) is 17.0 Å². The van der Waals surface area contributed by atoms with Crippen LogP contribution in [-0.2, 0) is 0 Å². The third-order valence-corrected chi connectivity index (χ3v) is 6.23. The van der Waals surface area contributed by atoms with Gasteiger partial charge in [0.25, 0.3) is 5.89 Å². The summed E-state index contributed by atoms with van der Waals surface area (Å²) in [5, 5.41) is 7.77. The maximum absolute atomic E-state index is 13.9. The Labute approximate surface area is 207 Å². The molecule has 0 saturated heterocycles. The molecular formula is C27H22ClFN4O2. The van der Waals surface area contributed by atoms with Crippen molar-refractivity contribution in [1.29, 1.82) is 0 Å². The highest BCUT2D eigenvalue weighted by Crippen LogP contribution is 2.39. The zero-order valence-corrected chi connectivity index (χ0v) is 20.1. The van der Waals surface area contributed by atoms with Crippen LogP contribution in [0.1, 0.15) is 35.5 Å². The van der Waals surface area contributed by atoms with Crippen LogP contribution in [0.3, 0.4) is 0 Å². The van der Waals surface area contributed by atoms with Gasteiger partial charge in [-0.3, -0.25) is 4.90 Å². The van der Waals surface area contributed by atoms with Gasteiger partial charge in [0.05, 0.1) is 17.3 Å². The maximum Gasteiger partial charge on any atom is 0.326 e. The maximum atomic E-state index is 13.9. The van der Waals surface area contributed by atoms with Gasteiger partial charge >= 0.3 is 6.03 Å².